The van der Waals surface area contributed by atoms with Gasteiger partial charge in [-0.25, -0.2) is 0 Å². The molecule has 0 aromatic heterocycles. The number of rotatable bonds is 68. The van der Waals surface area contributed by atoms with Crippen LogP contribution in [-0.4, -0.2) is 37.2 Å². The van der Waals surface area contributed by atoms with Gasteiger partial charge in [0.2, 0.25) is 0 Å². The van der Waals surface area contributed by atoms with Gasteiger partial charge in [-0.05, 0) is 89.9 Å². The molecule has 0 bridgehead atoms. The number of allylic oxidation sites excluding steroid dienone is 10. The van der Waals surface area contributed by atoms with E-state index in [9.17, 15) is 14.4 Å². The number of ether oxygens (including phenoxy) is 3. The lowest BCUT2D eigenvalue weighted by Gasteiger charge is -2.18. The average Bonchev–Trinajstić information content (AvgIpc) is 3.50. The molecule has 1 unspecified atom stereocenters. The predicted octanol–water partition coefficient (Wildman–Crippen LogP) is 25.5. The van der Waals surface area contributed by atoms with Crippen molar-refractivity contribution in [3.63, 3.8) is 0 Å². The Hall–Kier alpha value is -2.89. The molecule has 0 aromatic rings. The summed E-state index contributed by atoms with van der Waals surface area (Å²) in [5.74, 6) is -0.865. The van der Waals surface area contributed by atoms with E-state index in [2.05, 4.69) is 81.5 Å². The number of esters is 3. The molecule has 0 saturated carbocycles. The first-order chi connectivity index (χ1) is 41.0. The van der Waals surface area contributed by atoms with Crippen LogP contribution in [-0.2, 0) is 28.6 Å². The van der Waals surface area contributed by atoms with E-state index in [-0.39, 0.29) is 31.1 Å². The van der Waals surface area contributed by atoms with E-state index in [1.165, 1.54) is 270 Å². The van der Waals surface area contributed by atoms with Crippen molar-refractivity contribution in [3.05, 3.63) is 60.8 Å². The van der Waals surface area contributed by atoms with Crippen LogP contribution in [0.3, 0.4) is 0 Å². The Morgan fingerprint density at radius 2 is 0.434 bits per heavy atom. The third kappa shape index (κ3) is 69.8. The van der Waals surface area contributed by atoms with Crippen molar-refractivity contribution in [2.24, 2.45) is 0 Å². The van der Waals surface area contributed by atoms with Gasteiger partial charge in [0.1, 0.15) is 13.2 Å². The number of hydrogen-bond donors (Lipinski definition) is 0. The smallest absolute Gasteiger partial charge is 0.306 e. The molecule has 0 heterocycles. The largest absolute Gasteiger partial charge is 0.462 e. The first-order valence-electron chi connectivity index (χ1n) is 36.8. The Kier molecular flexibility index (Phi) is 69.1. The molecule has 6 heteroatoms. The van der Waals surface area contributed by atoms with Crippen LogP contribution in [0.25, 0.3) is 0 Å². The second-order valence-corrected chi connectivity index (χ2v) is 24.9. The molecule has 0 spiro atoms. The second-order valence-electron chi connectivity index (χ2n) is 24.9. The van der Waals surface area contributed by atoms with E-state index in [1.54, 1.807) is 0 Å². The van der Waals surface area contributed by atoms with Crippen LogP contribution in [0.4, 0.5) is 0 Å². The fourth-order valence-electron chi connectivity index (χ4n) is 11.0. The lowest BCUT2D eigenvalue weighted by atomic mass is 10.0. The lowest BCUT2D eigenvalue weighted by Crippen LogP contribution is -2.30. The Morgan fingerprint density at radius 1 is 0.241 bits per heavy atom. The molecule has 0 rings (SSSR count). The minimum atomic E-state index is -0.775. The highest BCUT2D eigenvalue weighted by Gasteiger charge is 2.19. The Morgan fingerprint density at radius 3 is 0.675 bits per heavy atom. The molecular weight excluding hydrogens is 1020 g/mol. The quantitative estimate of drug-likeness (QED) is 0.0261. The van der Waals surface area contributed by atoms with Crippen LogP contribution in [0.1, 0.15) is 393 Å². The van der Waals surface area contributed by atoms with Gasteiger partial charge in [0.15, 0.2) is 6.10 Å². The summed E-state index contributed by atoms with van der Waals surface area (Å²) in [7, 11) is 0. The number of carbonyl (C=O) groups is 3. The Balaban J connectivity index is 3.98. The molecule has 83 heavy (non-hydrogen) atoms. The highest BCUT2D eigenvalue weighted by molar-refractivity contribution is 5.71. The minimum absolute atomic E-state index is 0.0725. The normalized spacial score (nSPS) is 12.4. The molecule has 0 aromatic carbocycles. The second kappa shape index (κ2) is 71.6. The van der Waals surface area contributed by atoms with Gasteiger partial charge in [0.05, 0.1) is 0 Å². The van der Waals surface area contributed by atoms with Gasteiger partial charge in [-0.1, -0.05) is 345 Å². The van der Waals surface area contributed by atoms with Gasteiger partial charge in [0.25, 0.3) is 0 Å². The van der Waals surface area contributed by atoms with Crippen molar-refractivity contribution in [1.82, 2.24) is 0 Å². The van der Waals surface area contributed by atoms with Gasteiger partial charge in [-0.3, -0.25) is 14.4 Å². The zero-order valence-electron chi connectivity index (χ0n) is 55.7. The van der Waals surface area contributed by atoms with Gasteiger partial charge in [-0.2, -0.15) is 0 Å². The molecule has 0 aliphatic carbocycles. The average molecular weight is 1160 g/mol. The fraction of sp³-hybridized carbons (Fsp3) is 0.831. The van der Waals surface area contributed by atoms with Crippen LogP contribution in [0.5, 0.6) is 0 Å². The van der Waals surface area contributed by atoms with Crippen molar-refractivity contribution in [1.29, 1.82) is 0 Å². The van der Waals surface area contributed by atoms with E-state index in [0.717, 1.165) is 83.5 Å². The van der Waals surface area contributed by atoms with Crippen molar-refractivity contribution in [3.8, 4) is 0 Å². The molecule has 6 nitrogen and oxygen atoms in total. The molecule has 0 radical (unpaired) electrons. The van der Waals surface area contributed by atoms with Crippen molar-refractivity contribution in [2.75, 3.05) is 13.2 Å². The number of carbonyl (C=O) groups excluding carboxylic acids is 3. The van der Waals surface area contributed by atoms with Crippen molar-refractivity contribution >= 4 is 17.9 Å². The molecule has 0 saturated heterocycles. The van der Waals surface area contributed by atoms with Crippen LogP contribution in [0, 0.1) is 0 Å². The van der Waals surface area contributed by atoms with Crippen molar-refractivity contribution < 1.29 is 28.6 Å². The fourth-order valence-corrected chi connectivity index (χ4v) is 11.0. The maximum absolute atomic E-state index is 12.9. The Labute approximate surface area is 517 Å². The monoisotopic (exact) mass is 1160 g/mol. The molecule has 0 N–H and O–H groups in total. The lowest BCUT2D eigenvalue weighted by molar-refractivity contribution is -0.167. The zero-order valence-corrected chi connectivity index (χ0v) is 55.7. The highest BCUT2D eigenvalue weighted by atomic mass is 16.6. The van der Waals surface area contributed by atoms with Gasteiger partial charge >= 0.3 is 17.9 Å². The molecule has 0 amide bonds. The summed E-state index contributed by atoms with van der Waals surface area (Å²) in [6, 6.07) is 0. The third-order valence-corrected chi connectivity index (χ3v) is 16.5. The maximum Gasteiger partial charge on any atom is 0.306 e. The van der Waals surface area contributed by atoms with E-state index >= 15 is 0 Å². The summed E-state index contributed by atoms with van der Waals surface area (Å²) in [6.07, 6.45) is 93.0. The van der Waals surface area contributed by atoms with Gasteiger partial charge in [-0.15, -0.1) is 0 Å². The van der Waals surface area contributed by atoms with Crippen LogP contribution in [0.15, 0.2) is 60.8 Å². The van der Waals surface area contributed by atoms with Crippen LogP contribution >= 0.6 is 0 Å². The van der Waals surface area contributed by atoms with Crippen LogP contribution < -0.4 is 0 Å². The molecular formula is C77H140O6. The number of hydrogen-bond acceptors (Lipinski definition) is 6. The highest BCUT2D eigenvalue weighted by Crippen LogP contribution is 2.18. The Bertz CT molecular complexity index is 1470. The van der Waals surface area contributed by atoms with Gasteiger partial charge in [0, 0.05) is 19.3 Å². The van der Waals surface area contributed by atoms with E-state index in [0.29, 0.717) is 19.3 Å². The topological polar surface area (TPSA) is 78.9 Å². The molecule has 0 fully saturated rings. The third-order valence-electron chi connectivity index (χ3n) is 16.5. The van der Waals surface area contributed by atoms with Crippen LogP contribution in [0.2, 0.25) is 0 Å². The summed E-state index contributed by atoms with van der Waals surface area (Å²) in [6.45, 7) is 6.62. The van der Waals surface area contributed by atoms with Crippen molar-refractivity contribution in [2.45, 2.75) is 399 Å². The first-order valence-corrected chi connectivity index (χ1v) is 36.8. The van der Waals surface area contributed by atoms with E-state index < -0.39 is 6.10 Å². The molecule has 484 valence electrons. The predicted molar refractivity (Wildman–Crippen MR) is 362 cm³/mol. The molecule has 0 aliphatic rings. The summed E-state index contributed by atoms with van der Waals surface area (Å²) in [4.78, 5) is 38.2. The molecule has 1 atom stereocenters. The minimum Gasteiger partial charge on any atom is -0.462 e. The maximum atomic E-state index is 12.9. The van der Waals surface area contributed by atoms with Gasteiger partial charge < -0.3 is 14.2 Å². The standard InChI is InChI=1S/C77H140O6/c1-4-7-10-13-16-18-20-22-24-26-28-30-32-33-34-35-36-37-38-39-40-41-42-43-45-46-48-50-52-54-56-58-61-64-67-70-76(79)82-73-74(72-81-75(78)69-66-63-60-15-12-9-6-3)83-77(80)71-68-65-62-59-57-55-53-51-49-47-44-31-29-27-25-23-21-19-17-14-11-8-5-2/h20-23,26-29,44,47,74H,4-19,24-25,30-43,45-46,48-73H2,1-3H3/b22-20-,23-21-,28-26-,29-27-,47-44-. The summed E-state index contributed by atoms with van der Waals surface area (Å²) in [5.41, 5.74) is 0. The first kappa shape index (κ1) is 80.1. The summed E-state index contributed by atoms with van der Waals surface area (Å²) >= 11 is 0. The SMILES string of the molecule is CCCCCCC/C=C\C/C=C\C/C=C\CCCCCCCCCCC(=O)OC(COC(=O)CCCCCCCCC)COC(=O)CCCCCCCCCCCCCCCCCCCCCCCCC/C=C\C/C=C\CCCCCCC. The van der Waals surface area contributed by atoms with E-state index in [1.807, 2.05) is 0 Å². The van der Waals surface area contributed by atoms with E-state index in [4.69, 9.17) is 14.2 Å². The number of unbranched alkanes of at least 4 members (excludes halogenated alkanes) is 47. The summed E-state index contributed by atoms with van der Waals surface area (Å²) < 4.78 is 16.9. The molecule has 0 aliphatic heterocycles. The summed E-state index contributed by atoms with van der Waals surface area (Å²) in [5, 5.41) is 0. The zero-order chi connectivity index (χ0) is 59.9.